The number of urea groups is 1. The van der Waals surface area contributed by atoms with E-state index in [-0.39, 0.29) is 36.2 Å². The lowest BCUT2D eigenvalue weighted by atomic mass is 10.1. The number of aromatic nitrogens is 6. The molecule has 0 unspecified atom stereocenters. The fraction of sp³-hybridized carbons (Fsp3) is 0.400. The lowest BCUT2D eigenvalue weighted by molar-refractivity contribution is -0.124. The number of fused-ring (bicyclic) bond motifs is 1. The van der Waals surface area contributed by atoms with Gasteiger partial charge >= 0.3 is 6.03 Å². The Morgan fingerprint density at radius 1 is 1.09 bits per heavy atom. The molecule has 13 nitrogen and oxygen atoms in total. The molecule has 4 amide bonds. The number of pyridine rings is 1. The van der Waals surface area contributed by atoms with Crippen LogP contribution in [-0.2, 0) is 15.3 Å². The molecule has 1 aliphatic heterocycles. The van der Waals surface area contributed by atoms with Crippen LogP contribution in [0.1, 0.15) is 66.7 Å². The number of carbonyl (C=O) groups excluding carboxylic acids is 3. The number of hydrogen-bond donors (Lipinski definition) is 2. The molecule has 4 aromatic heterocycles. The highest BCUT2D eigenvalue weighted by atomic mass is 19.1. The number of imidazole rings is 1. The number of carbonyl (C=O) groups is 3. The lowest BCUT2D eigenvalue weighted by Crippen LogP contribution is -2.30. The zero-order chi connectivity index (χ0) is 30.9. The number of nitrogens with zero attached hydrogens (tertiary/aromatic N) is 8. The fourth-order valence-electron chi connectivity index (χ4n) is 5.57. The van der Waals surface area contributed by atoms with Crippen molar-refractivity contribution in [1.82, 2.24) is 34.2 Å². The van der Waals surface area contributed by atoms with Gasteiger partial charge in [0.15, 0.2) is 5.65 Å². The Morgan fingerprint density at radius 3 is 2.57 bits per heavy atom. The molecule has 2 N–H and O–H groups in total. The zero-order valence-corrected chi connectivity index (χ0v) is 24.7. The summed E-state index contributed by atoms with van der Waals surface area (Å²) in [5, 5.41) is 6.21. The van der Waals surface area contributed by atoms with Crippen molar-refractivity contribution in [2.75, 3.05) is 29.1 Å². The Balaban J connectivity index is 1.11. The van der Waals surface area contributed by atoms with Crippen LogP contribution >= 0.6 is 0 Å². The molecule has 226 valence electrons. The molecule has 14 heteroatoms. The van der Waals surface area contributed by atoms with Gasteiger partial charge in [0.25, 0.3) is 0 Å². The van der Waals surface area contributed by atoms with E-state index in [4.69, 9.17) is 4.98 Å². The van der Waals surface area contributed by atoms with Gasteiger partial charge in [0, 0.05) is 54.8 Å². The van der Waals surface area contributed by atoms with Crippen molar-refractivity contribution in [3.05, 3.63) is 65.4 Å². The van der Waals surface area contributed by atoms with Crippen LogP contribution in [0.2, 0.25) is 0 Å². The van der Waals surface area contributed by atoms with Gasteiger partial charge in [0.2, 0.25) is 11.8 Å². The first kappa shape index (κ1) is 27.8. The van der Waals surface area contributed by atoms with E-state index in [1.807, 2.05) is 19.9 Å². The predicted octanol–water partition coefficient (Wildman–Crippen LogP) is 3.80. The van der Waals surface area contributed by atoms with E-state index in [1.54, 1.807) is 42.0 Å². The molecule has 0 radical (unpaired) electrons. The van der Waals surface area contributed by atoms with Crippen LogP contribution in [-0.4, -0.2) is 65.7 Å². The average molecular weight is 599 g/mol. The molecule has 2 saturated carbocycles. The SMILES string of the molecule is Cc1ccnc([C@H]2C[C@@H]2C(=O)Nc2cc(N[C@H](C)c3cn4cc(C5(F)CC5)cc(N5CC(=O)N(C)C5=O)c4n3)nc(C)n2)n1. The third-order valence-corrected chi connectivity index (χ3v) is 8.40. The summed E-state index contributed by atoms with van der Waals surface area (Å²) < 4.78 is 16.9. The molecular weight excluding hydrogens is 567 g/mol. The highest BCUT2D eigenvalue weighted by Crippen LogP contribution is 2.50. The van der Waals surface area contributed by atoms with Gasteiger partial charge in [-0.25, -0.2) is 34.1 Å². The first-order valence-corrected chi connectivity index (χ1v) is 14.5. The number of likely N-dealkylation sites (N-methyl/N-ethyl adjacent to an activating group) is 1. The number of anilines is 3. The Kier molecular flexibility index (Phi) is 6.34. The number of halogens is 1. The number of imide groups is 1. The van der Waals surface area contributed by atoms with E-state index in [9.17, 15) is 14.4 Å². The number of nitrogens with one attached hydrogen (secondary N) is 2. The summed E-state index contributed by atoms with van der Waals surface area (Å²) >= 11 is 0. The number of rotatable bonds is 8. The number of aryl methyl sites for hydroxylation is 2. The third kappa shape index (κ3) is 4.99. The molecule has 0 aromatic carbocycles. The summed E-state index contributed by atoms with van der Waals surface area (Å²) in [6.07, 6.45) is 6.65. The molecule has 2 aliphatic carbocycles. The van der Waals surface area contributed by atoms with Gasteiger partial charge in [0.1, 0.15) is 35.5 Å². The minimum Gasteiger partial charge on any atom is -0.362 e. The van der Waals surface area contributed by atoms with E-state index in [0.717, 1.165) is 10.6 Å². The largest absolute Gasteiger partial charge is 0.362 e. The van der Waals surface area contributed by atoms with Crippen LogP contribution < -0.4 is 15.5 Å². The minimum absolute atomic E-state index is 0.0162. The maximum Gasteiger partial charge on any atom is 0.331 e. The quantitative estimate of drug-likeness (QED) is 0.289. The summed E-state index contributed by atoms with van der Waals surface area (Å²) in [4.78, 5) is 62.9. The second-order valence-corrected chi connectivity index (χ2v) is 11.8. The fourth-order valence-corrected chi connectivity index (χ4v) is 5.57. The van der Waals surface area contributed by atoms with Crippen molar-refractivity contribution in [3.63, 3.8) is 0 Å². The zero-order valence-electron chi connectivity index (χ0n) is 24.7. The molecule has 7 rings (SSSR count). The number of hydrogen-bond acceptors (Lipinski definition) is 9. The normalized spacial score (nSPS) is 21.1. The van der Waals surface area contributed by atoms with Crippen LogP contribution in [0.4, 0.5) is 26.5 Å². The highest BCUT2D eigenvalue weighted by Gasteiger charge is 2.47. The van der Waals surface area contributed by atoms with Gasteiger partial charge in [-0.3, -0.25) is 19.4 Å². The van der Waals surface area contributed by atoms with Crippen molar-refractivity contribution in [1.29, 1.82) is 0 Å². The van der Waals surface area contributed by atoms with Gasteiger partial charge in [-0.05, 0) is 52.2 Å². The average Bonchev–Trinajstić information content (AvgIpc) is 3.88. The molecule has 1 saturated heterocycles. The summed E-state index contributed by atoms with van der Waals surface area (Å²) in [6, 6.07) is 4.26. The van der Waals surface area contributed by atoms with E-state index in [1.165, 1.54) is 11.9 Å². The van der Waals surface area contributed by atoms with Crippen molar-refractivity contribution < 1.29 is 18.8 Å². The monoisotopic (exact) mass is 598 g/mol. The maximum absolute atomic E-state index is 15.2. The third-order valence-electron chi connectivity index (χ3n) is 8.40. The Bertz CT molecular complexity index is 1850. The van der Waals surface area contributed by atoms with Crippen LogP contribution in [0.25, 0.3) is 5.65 Å². The van der Waals surface area contributed by atoms with Crippen molar-refractivity contribution in [2.45, 2.75) is 57.7 Å². The van der Waals surface area contributed by atoms with Gasteiger partial charge in [0.05, 0.1) is 17.4 Å². The van der Waals surface area contributed by atoms with Crippen LogP contribution in [0.15, 0.2) is 36.8 Å². The van der Waals surface area contributed by atoms with Gasteiger partial charge in [-0.2, -0.15) is 0 Å². The molecule has 3 fully saturated rings. The Morgan fingerprint density at radius 2 is 1.86 bits per heavy atom. The van der Waals surface area contributed by atoms with Gasteiger partial charge < -0.3 is 15.0 Å². The number of amides is 4. The summed E-state index contributed by atoms with van der Waals surface area (Å²) in [5.41, 5.74) is 1.27. The topological polar surface area (TPSA) is 151 Å². The van der Waals surface area contributed by atoms with Crippen LogP contribution in [0.3, 0.4) is 0 Å². The molecule has 5 heterocycles. The second-order valence-electron chi connectivity index (χ2n) is 11.8. The predicted molar refractivity (Wildman–Crippen MR) is 158 cm³/mol. The van der Waals surface area contributed by atoms with Crippen molar-refractivity contribution in [3.8, 4) is 0 Å². The number of alkyl halides is 1. The molecule has 3 aliphatic rings. The van der Waals surface area contributed by atoms with Gasteiger partial charge in [-0.1, -0.05) is 0 Å². The smallest absolute Gasteiger partial charge is 0.331 e. The molecule has 0 spiro atoms. The van der Waals surface area contributed by atoms with Crippen molar-refractivity contribution in [2.24, 2.45) is 5.92 Å². The van der Waals surface area contributed by atoms with Gasteiger partial charge in [-0.15, -0.1) is 0 Å². The second kappa shape index (κ2) is 10.0. The van der Waals surface area contributed by atoms with Crippen LogP contribution in [0.5, 0.6) is 0 Å². The van der Waals surface area contributed by atoms with Crippen LogP contribution in [0, 0.1) is 19.8 Å². The van der Waals surface area contributed by atoms with E-state index >= 15 is 4.39 Å². The first-order valence-electron chi connectivity index (χ1n) is 14.5. The minimum atomic E-state index is -1.46. The summed E-state index contributed by atoms with van der Waals surface area (Å²) in [6.45, 7) is 5.39. The molecule has 4 aromatic rings. The maximum atomic E-state index is 15.2. The lowest BCUT2D eigenvalue weighted by Gasteiger charge is -2.18. The molecule has 44 heavy (non-hydrogen) atoms. The Labute approximate surface area is 251 Å². The molecule has 0 bridgehead atoms. The van der Waals surface area contributed by atoms with E-state index in [2.05, 4.69) is 30.6 Å². The van der Waals surface area contributed by atoms with Crippen molar-refractivity contribution >= 4 is 40.8 Å². The first-order chi connectivity index (χ1) is 21.0. The molecular formula is C30H31FN10O3. The molecule has 3 atom stereocenters. The summed E-state index contributed by atoms with van der Waals surface area (Å²) in [5.74, 6) is 1.26. The summed E-state index contributed by atoms with van der Waals surface area (Å²) in [7, 11) is 1.42. The van der Waals surface area contributed by atoms with E-state index < -0.39 is 11.7 Å². The standard InChI is InChI=1S/C30H31FN10O3/c1-15-5-8-32-26(33-15)19-10-20(19)28(43)38-24-11-23(35-17(3)36-24)34-16(2)21-13-40-12-18(30(31)6-7-30)9-22(27(40)37-21)41-14-25(42)39(4)29(41)44/h5,8-9,11-13,16,19-20H,6-7,10,14H2,1-4H3,(H2,34,35,36,38,43)/t16-,19+,20+/m1/s1. The highest BCUT2D eigenvalue weighted by molar-refractivity contribution is 6.13. The Hall–Kier alpha value is -5.01. The van der Waals surface area contributed by atoms with E-state index in [0.29, 0.717) is 65.1 Å².